The van der Waals surface area contributed by atoms with Gasteiger partial charge in [0.1, 0.15) is 5.75 Å². The van der Waals surface area contributed by atoms with Crippen LogP contribution in [-0.4, -0.2) is 38.2 Å². The summed E-state index contributed by atoms with van der Waals surface area (Å²) < 4.78 is 6.28. The second kappa shape index (κ2) is 7.56. The summed E-state index contributed by atoms with van der Waals surface area (Å²) in [5, 5.41) is 3.42. The molecule has 1 rings (SSSR count). The monoisotopic (exact) mass is 300 g/mol. The third-order valence-electron chi connectivity index (χ3n) is 2.81. The molecule has 0 aliphatic carbocycles. The van der Waals surface area contributed by atoms with Gasteiger partial charge in [-0.2, -0.15) is 0 Å². The molecule has 0 spiro atoms. The van der Waals surface area contributed by atoms with E-state index < -0.39 is 0 Å². The fourth-order valence-corrected chi connectivity index (χ4v) is 2.04. The maximum absolute atomic E-state index is 5.21. The summed E-state index contributed by atoms with van der Waals surface area (Å²) in [6, 6.07) is 5.95. The van der Waals surface area contributed by atoms with E-state index in [0.717, 1.165) is 42.1 Å². The zero-order valence-electron chi connectivity index (χ0n) is 10.8. The second-order valence-electron chi connectivity index (χ2n) is 3.80. The average molecular weight is 301 g/mol. The molecule has 0 atom stereocenters. The lowest BCUT2D eigenvalue weighted by atomic mass is 10.3. The van der Waals surface area contributed by atoms with E-state index in [0.29, 0.717) is 0 Å². The van der Waals surface area contributed by atoms with Gasteiger partial charge in [0.15, 0.2) is 0 Å². The van der Waals surface area contributed by atoms with E-state index >= 15 is 0 Å². The van der Waals surface area contributed by atoms with Gasteiger partial charge in [-0.3, -0.25) is 0 Å². The second-order valence-corrected chi connectivity index (χ2v) is 4.65. The smallest absolute Gasteiger partial charge is 0.121 e. The van der Waals surface area contributed by atoms with Gasteiger partial charge >= 0.3 is 0 Å². The molecule has 0 unspecified atom stereocenters. The van der Waals surface area contributed by atoms with Gasteiger partial charge in [0.05, 0.1) is 12.8 Å². The van der Waals surface area contributed by atoms with Gasteiger partial charge in [0.25, 0.3) is 0 Å². The number of likely N-dealkylation sites (N-methyl/N-ethyl adjacent to an activating group) is 1. The molecule has 3 nitrogen and oxygen atoms in total. The fourth-order valence-electron chi connectivity index (χ4n) is 1.66. The van der Waals surface area contributed by atoms with Crippen molar-refractivity contribution in [2.24, 2.45) is 0 Å². The van der Waals surface area contributed by atoms with Crippen molar-refractivity contribution in [3.8, 4) is 5.75 Å². The number of rotatable bonds is 7. The molecule has 0 aromatic heterocycles. The molecule has 0 aliphatic heterocycles. The highest BCUT2D eigenvalue weighted by atomic mass is 79.9. The minimum Gasteiger partial charge on any atom is -0.497 e. The van der Waals surface area contributed by atoms with Crippen molar-refractivity contribution in [2.75, 3.05) is 38.6 Å². The zero-order chi connectivity index (χ0) is 12.7. The molecule has 0 bridgehead atoms. The van der Waals surface area contributed by atoms with Crippen molar-refractivity contribution in [3.63, 3.8) is 0 Å². The molecule has 0 saturated carbocycles. The summed E-state index contributed by atoms with van der Waals surface area (Å²) in [5.74, 6) is 0.874. The van der Waals surface area contributed by atoms with E-state index in [1.165, 1.54) is 0 Å². The van der Waals surface area contributed by atoms with Crippen LogP contribution in [0.25, 0.3) is 0 Å². The molecule has 0 aliphatic rings. The Hall–Kier alpha value is -0.740. The van der Waals surface area contributed by atoms with E-state index in [1.807, 2.05) is 18.2 Å². The number of hydrogen-bond acceptors (Lipinski definition) is 3. The van der Waals surface area contributed by atoms with Crippen LogP contribution in [0.3, 0.4) is 0 Å². The molecular formula is C13H21BrN2O. The molecule has 0 heterocycles. The minimum absolute atomic E-state index is 0.874. The van der Waals surface area contributed by atoms with Crippen molar-refractivity contribution in [1.82, 2.24) is 4.90 Å². The first-order valence-electron chi connectivity index (χ1n) is 6.01. The number of anilines is 1. The molecule has 1 aromatic rings. The van der Waals surface area contributed by atoms with Crippen molar-refractivity contribution in [3.05, 3.63) is 22.7 Å². The Morgan fingerprint density at radius 2 is 2.00 bits per heavy atom. The molecule has 17 heavy (non-hydrogen) atoms. The minimum atomic E-state index is 0.874. The number of methoxy groups -OCH3 is 1. The molecule has 0 fully saturated rings. The van der Waals surface area contributed by atoms with Crippen molar-refractivity contribution in [1.29, 1.82) is 0 Å². The molecule has 0 radical (unpaired) electrons. The molecule has 1 N–H and O–H groups in total. The predicted molar refractivity (Wildman–Crippen MR) is 77.0 cm³/mol. The van der Waals surface area contributed by atoms with Crippen LogP contribution >= 0.6 is 15.9 Å². The number of nitrogens with one attached hydrogen (secondary N) is 1. The fraction of sp³-hybridized carbons (Fsp3) is 0.538. The lowest BCUT2D eigenvalue weighted by molar-refractivity contribution is 0.316. The third kappa shape index (κ3) is 4.56. The highest BCUT2D eigenvalue weighted by Gasteiger charge is 2.03. The van der Waals surface area contributed by atoms with Gasteiger partial charge in [-0.05, 0) is 41.2 Å². The van der Waals surface area contributed by atoms with Gasteiger partial charge in [-0.1, -0.05) is 13.8 Å². The SMILES string of the molecule is CCN(CC)CCNc1cc(OC)ccc1Br. The first-order valence-corrected chi connectivity index (χ1v) is 6.80. The van der Waals surface area contributed by atoms with E-state index in [1.54, 1.807) is 7.11 Å². The van der Waals surface area contributed by atoms with Crippen molar-refractivity contribution >= 4 is 21.6 Å². The number of halogens is 1. The maximum atomic E-state index is 5.21. The summed E-state index contributed by atoms with van der Waals surface area (Å²) in [6.07, 6.45) is 0. The maximum Gasteiger partial charge on any atom is 0.121 e. The Kier molecular flexibility index (Phi) is 6.37. The molecule has 0 saturated heterocycles. The molecule has 1 aromatic carbocycles. The van der Waals surface area contributed by atoms with Crippen LogP contribution in [0.1, 0.15) is 13.8 Å². The van der Waals surface area contributed by atoms with E-state index in [9.17, 15) is 0 Å². The van der Waals surface area contributed by atoms with E-state index in [-0.39, 0.29) is 0 Å². The van der Waals surface area contributed by atoms with Crippen LogP contribution < -0.4 is 10.1 Å². The predicted octanol–water partition coefficient (Wildman–Crippen LogP) is 3.21. The standard InChI is InChI=1S/C13H21BrN2O/c1-4-16(5-2)9-8-15-13-10-11(17-3)6-7-12(13)14/h6-7,10,15H,4-5,8-9H2,1-3H3. The molecule has 4 heteroatoms. The number of ether oxygens (including phenoxy) is 1. The van der Waals surface area contributed by atoms with Crippen LogP contribution in [0, 0.1) is 0 Å². The lowest BCUT2D eigenvalue weighted by Crippen LogP contribution is -2.28. The summed E-state index contributed by atoms with van der Waals surface area (Å²) in [5.41, 5.74) is 1.08. The highest BCUT2D eigenvalue weighted by Crippen LogP contribution is 2.26. The Morgan fingerprint density at radius 1 is 1.29 bits per heavy atom. The van der Waals surface area contributed by atoms with Gasteiger partial charge < -0.3 is 15.0 Å². The molecule has 0 amide bonds. The number of nitrogens with zero attached hydrogens (tertiary/aromatic N) is 1. The molecular weight excluding hydrogens is 280 g/mol. The normalized spacial score (nSPS) is 10.6. The van der Waals surface area contributed by atoms with Crippen molar-refractivity contribution < 1.29 is 4.74 Å². The summed E-state index contributed by atoms with van der Waals surface area (Å²) in [4.78, 5) is 2.39. The van der Waals surface area contributed by atoms with Gasteiger partial charge in [0, 0.05) is 23.6 Å². The van der Waals surface area contributed by atoms with Crippen LogP contribution in [-0.2, 0) is 0 Å². The number of benzene rings is 1. The summed E-state index contributed by atoms with van der Waals surface area (Å²) >= 11 is 3.53. The quantitative estimate of drug-likeness (QED) is 0.837. The topological polar surface area (TPSA) is 24.5 Å². The summed E-state index contributed by atoms with van der Waals surface area (Å²) in [7, 11) is 1.68. The largest absolute Gasteiger partial charge is 0.497 e. The zero-order valence-corrected chi connectivity index (χ0v) is 12.4. The average Bonchev–Trinajstić information content (AvgIpc) is 2.36. The third-order valence-corrected chi connectivity index (χ3v) is 3.50. The van der Waals surface area contributed by atoms with Crippen molar-refractivity contribution in [2.45, 2.75) is 13.8 Å². The van der Waals surface area contributed by atoms with Crippen LogP contribution in [0.4, 0.5) is 5.69 Å². The first kappa shape index (κ1) is 14.3. The van der Waals surface area contributed by atoms with Gasteiger partial charge in [0.2, 0.25) is 0 Å². The van der Waals surface area contributed by atoms with E-state index in [2.05, 4.69) is 40.0 Å². The van der Waals surface area contributed by atoms with Crippen LogP contribution in [0.5, 0.6) is 5.75 Å². The Bertz CT molecular complexity index is 340. The molecule has 96 valence electrons. The Morgan fingerprint density at radius 3 is 2.59 bits per heavy atom. The van der Waals surface area contributed by atoms with Crippen LogP contribution in [0.2, 0.25) is 0 Å². The Balaban J connectivity index is 2.50. The van der Waals surface area contributed by atoms with E-state index in [4.69, 9.17) is 4.74 Å². The first-order chi connectivity index (χ1) is 8.21. The number of hydrogen-bond donors (Lipinski definition) is 1. The van der Waals surface area contributed by atoms with Crippen LogP contribution in [0.15, 0.2) is 22.7 Å². The summed E-state index contributed by atoms with van der Waals surface area (Å²) in [6.45, 7) is 8.55. The lowest BCUT2D eigenvalue weighted by Gasteiger charge is -2.19. The van der Waals surface area contributed by atoms with Gasteiger partial charge in [-0.25, -0.2) is 0 Å². The Labute approximate surface area is 112 Å². The van der Waals surface area contributed by atoms with Gasteiger partial charge in [-0.15, -0.1) is 0 Å². The highest BCUT2D eigenvalue weighted by molar-refractivity contribution is 9.10.